The maximum atomic E-state index is 13.5. The average Bonchev–Trinajstić information content (AvgIpc) is 3.02. The Balaban J connectivity index is 2.79. The quantitative estimate of drug-likeness (QED) is 0.0496. The van der Waals surface area contributed by atoms with E-state index in [0.717, 1.165) is 83.5 Å². The van der Waals surface area contributed by atoms with Gasteiger partial charge < -0.3 is 19.7 Å². The monoisotopic (exact) mass is 643 g/mol. The normalized spacial score (nSPS) is 14.5. The summed E-state index contributed by atoms with van der Waals surface area (Å²) in [6.45, 7) is 8.12. The lowest BCUT2D eigenvalue weighted by Gasteiger charge is -2.22. The van der Waals surface area contributed by atoms with Gasteiger partial charge in [-0.25, -0.2) is 4.79 Å². The van der Waals surface area contributed by atoms with Crippen molar-refractivity contribution in [3.63, 3.8) is 0 Å². The molecule has 0 heterocycles. The summed E-state index contributed by atoms with van der Waals surface area (Å²) in [5, 5.41) is 19.6. The molecule has 0 spiro atoms. The van der Waals surface area contributed by atoms with Gasteiger partial charge in [0.2, 0.25) is 0 Å². The number of esters is 1. The number of unbranched alkanes of at least 4 members (excludes halogenated alkanes) is 10. The molecule has 0 saturated carbocycles. The first kappa shape index (κ1) is 41.9. The van der Waals surface area contributed by atoms with Crippen LogP contribution in [0.5, 0.6) is 5.75 Å². The number of hydrogen-bond acceptors (Lipinski definition) is 5. The molecule has 0 bridgehead atoms. The Bertz CT molecular complexity index is 906. The molecule has 4 atom stereocenters. The molecule has 0 aliphatic heterocycles. The van der Waals surface area contributed by atoms with Crippen LogP contribution in [0.4, 0.5) is 0 Å². The summed E-state index contributed by atoms with van der Waals surface area (Å²) in [4.78, 5) is 13.5. The van der Waals surface area contributed by atoms with Crippen molar-refractivity contribution in [1.82, 2.24) is 0 Å². The zero-order chi connectivity index (χ0) is 33.7. The van der Waals surface area contributed by atoms with Crippen molar-refractivity contribution in [1.29, 1.82) is 0 Å². The highest BCUT2D eigenvalue weighted by Crippen LogP contribution is 2.26. The van der Waals surface area contributed by atoms with Crippen LogP contribution in [0.25, 0.3) is 0 Å². The number of rotatable bonds is 30. The van der Waals surface area contributed by atoms with Crippen molar-refractivity contribution in [2.75, 3.05) is 0 Å². The Kier molecular flexibility index (Phi) is 26.5. The predicted molar refractivity (Wildman–Crippen MR) is 195 cm³/mol. The minimum absolute atomic E-state index is 0.0266. The summed E-state index contributed by atoms with van der Waals surface area (Å²) < 4.78 is 12.6. The smallest absolute Gasteiger partial charge is 0.342 e. The number of allylic oxidation sites excluding steroid dienone is 4. The molecule has 46 heavy (non-hydrogen) atoms. The van der Waals surface area contributed by atoms with Crippen LogP contribution in [-0.2, 0) is 4.74 Å². The number of ether oxygens (including phenoxy) is 2. The zero-order valence-corrected chi connectivity index (χ0v) is 30.1. The van der Waals surface area contributed by atoms with E-state index in [1.165, 1.54) is 51.4 Å². The molecule has 2 N–H and O–H groups in total. The van der Waals surface area contributed by atoms with E-state index in [-0.39, 0.29) is 30.4 Å². The topological polar surface area (TPSA) is 76.0 Å². The Morgan fingerprint density at radius 1 is 0.609 bits per heavy atom. The first-order chi connectivity index (χ1) is 22.4. The Morgan fingerprint density at radius 3 is 1.59 bits per heavy atom. The third kappa shape index (κ3) is 23.2. The van der Waals surface area contributed by atoms with Gasteiger partial charge in [-0.2, -0.15) is 0 Å². The zero-order valence-electron chi connectivity index (χ0n) is 30.1. The summed E-state index contributed by atoms with van der Waals surface area (Å²) in [6.07, 6.45) is 31.3. The molecule has 0 radical (unpaired) electrons. The van der Waals surface area contributed by atoms with Crippen molar-refractivity contribution < 1.29 is 24.5 Å². The van der Waals surface area contributed by atoms with Gasteiger partial charge in [-0.05, 0) is 129 Å². The number of hydrogen-bond donors (Lipinski definition) is 2. The Hall–Kier alpha value is -2.11. The van der Waals surface area contributed by atoms with Crippen molar-refractivity contribution in [3.8, 4) is 5.75 Å². The number of aliphatic hydroxyl groups excluding tert-OH is 2. The molecule has 5 heteroatoms. The van der Waals surface area contributed by atoms with Crippen molar-refractivity contribution in [2.24, 2.45) is 0 Å². The predicted octanol–water partition coefficient (Wildman–Crippen LogP) is 11.5. The molecule has 264 valence electrons. The fraction of sp³-hybridized carbons (Fsp3) is 0.732. The summed E-state index contributed by atoms with van der Waals surface area (Å²) in [5.41, 5.74) is 0.475. The Morgan fingerprint density at radius 2 is 1.07 bits per heavy atom. The van der Waals surface area contributed by atoms with Crippen LogP contribution in [-0.4, -0.2) is 40.6 Å². The summed E-state index contributed by atoms with van der Waals surface area (Å²) in [7, 11) is 0. The van der Waals surface area contributed by atoms with Crippen LogP contribution < -0.4 is 4.74 Å². The van der Waals surface area contributed by atoms with E-state index >= 15 is 0 Å². The van der Waals surface area contributed by atoms with Gasteiger partial charge in [0, 0.05) is 0 Å². The molecule has 1 aromatic rings. The van der Waals surface area contributed by atoms with E-state index in [1.54, 1.807) is 6.07 Å². The van der Waals surface area contributed by atoms with Gasteiger partial charge in [-0.15, -0.1) is 0 Å². The standard InChI is InChI=1S/C41H70O5/c1-5-7-9-11-13-15-17-19-21-29-37(31-25-27-35(3)42)45-40-34-24-23-33-39(40)41(44)46-38(32-26-28-36(4)43)30-22-20-18-16-14-12-10-8-6-2/h15-18,23-24,33-38,42-43H,5-14,19-22,25-32H2,1-4H3. The second-order valence-electron chi connectivity index (χ2n) is 13.3. The van der Waals surface area contributed by atoms with E-state index in [4.69, 9.17) is 9.47 Å². The van der Waals surface area contributed by atoms with Gasteiger partial charge >= 0.3 is 5.97 Å². The molecular weight excluding hydrogens is 572 g/mol. The van der Waals surface area contributed by atoms with Gasteiger partial charge in [-0.1, -0.05) is 88.8 Å². The minimum Gasteiger partial charge on any atom is -0.490 e. The fourth-order valence-electron chi connectivity index (χ4n) is 5.71. The molecular formula is C41H70O5. The van der Waals surface area contributed by atoms with Crippen LogP contribution in [0.2, 0.25) is 0 Å². The van der Waals surface area contributed by atoms with E-state index < -0.39 is 0 Å². The van der Waals surface area contributed by atoms with Gasteiger partial charge in [0.1, 0.15) is 17.4 Å². The number of benzene rings is 1. The number of para-hydroxylation sites is 1. The number of carbonyl (C=O) groups is 1. The molecule has 0 amide bonds. The molecule has 1 rings (SSSR count). The third-order valence-corrected chi connectivity index (χ3v) is 8.55. The molecule has 0 saturated heterocycles. The maximum absolute atomic E-state index is 13.5. The van der Waals surface area contributed by atoms with E-state index in [1.807, 2.05) is 32.0 Å². The third-order valence-electron chi connectivity index (χ3n) is 8.55. The molecule has 4 unspecified atom stereocenters. The second-order valence-corrected chi connectivity index (χ2v) is 13.3. The molecule has 0 aliphatic rings. The minimum atomic E-state index is -0.354. The summed E-state index contributed by atoms with van der Waals surface area (Å²) in [6, 6.07) is 7.46. The summed E-state index contributed by atoms with van der Waals surface area (Å²) >= 11 is 0. The molecule has 5 nitrogen and oxygen atoms in total. The van der Waals surface area contributed by atoms with Crippen molar-refractivity contribution >= 4 is 5.97 Å². The first-order valence-corrected chi connectivity index (χ1v) is 19.0. The lowest BCUT2D eigenvalue weighted by atomic mass is 10.0. The highest BCUT2D eigenvalue weighted by Gasteiger charge is 2.21. The van der Waals surface area contributed by atoms with Crippen molar-refractivity contribution in [2.45, 2.75) is 193 Å². The summed E-state index contributed by atoms with van der Waals surface area (Å²) in [5.74, 6) is 0.243. The van der Waals surface area contributed by atoms with Crippen molar-refractivity contribution in [3.05, 3.63) is 54.1 Å². The van der Waals surface area contributed by atoms with Crippen LogP contribution in [0.15, 0.2) is 48.6 Å². The lowest BCUT2D eigenvalue weighted by molar-refractivity contribution is 0.0237. The highest BCUT2D eigenvalue weighted by molar-refractivity contribution is 5.92. The molecule has 0 aliphatic carbocycles. The lowest BCUT2D eigenvalue weighted by Crippen LogP contribution is -2.22. The van der Waals surface area contributed by atoms with Gasteiger partial charge in [0.25, 0.3) is 0 Å². The van der Waals surface area contributed by atoms with Gasteiger partial charge in [-0.3, -0.25) is 0 Å². The highest BCUT2D eigenvalue weighted by atomic mass is 16.5. The first-order valence-electron chi connectivity index (χ1n) is 19.0. The number of carbonyl (C=O) groups excluding carboxylic acids is 1. The molecule has 0 fully saturated rings. The van der Waals surface area contributed by atoms with E-state index in [9.17, 15) is 15.0 Å². The van der Waals surface area contributed by atoms with Crippen LogP contribution in [0.1, 0.15) is 179 Å². The molecule has 0 aromatic heterocycles. The average molecular weight is 643 g/mol. The number of aliphatic hydroxyl groups is 2. The maximum Gasteiger partial charge on any atom is 0.342 e. The second kappa shape index (κ2) is 29.1. The van der Waals surface area contributed by atoms with E-state index in [2.05, 4.69) is 38.2 Å². The van der Waals surface area contributed by atoms with Crippen LogP contribution in [0, 0.1) is 0 Å². The van der Waals surface area contributed by atoms with Crippen LogP contribution >= 0.6 is 0 Å². The fourth-order valence-corrected chi connectivity index (χ4v) is 5.71. The van der Waals surface area contributed by atoms with Gasteiger partial charge in [0.05, 0.1) is 18.3 Å². The van der Waals surface area contributed by atoms with E-state index in [0.29, 0.717) is 17.7 Å². The molecule has 1 aromatic carbocycles. The SMILES string of the molecule is CCCCCCC=CCCCC(CCCC(C)O)OC(=O)c1ccccc1OC(CCCC=CCCCCCC)CCCC(C)O. The Labute approximate surface area is 283 Å². The van der Waals surface area contributed by atoms with Gasteiger partial charge in [0.15, 0.2) is 0 Å². The van der Waals surface area contributed by atoms with Crippen LogP contribution in [0.3, 0.4) is 0 Å². The largest absolute Gasteiger partial charge is 0.490 e.